The Morgan fingerprint density at radius 2 is 1.83 bits per heavy atom. The molecule has 3 nitrogen and oxygen atoms in total. The highest BCUT2D eigenvalue weighted by Gasteiger charge is 2.46. The average molecular weight is 406 g/mol. The lowest BCUT2D eigenvalue weighted by Gasteiger charge is -2.43. The van der Waals surface area contributed by atoms with Gasteiger partial charge < -0.3 is 10.2 Å². The van der Waals surface area contributed by atoms with E-state index in [1.807, 2.05) is 4.90 Å². The third-order valence-corrected chi connectivity index (χ3v) is 7.13. The molecule has 1 fully saturated rings. The highest BCUT2D eigenvalue weighted by Crippen LogP contribution is 2.43. The summed E-state index contributed by atoms with van der Waals surface area (Å²) in [5, 5.41) is 3.31. The Bertz CT molecular complexity index is 817. The maximum atomic E-state index is 13.4. The molecule has 1 aliphatic heterocycles. The second kappa shape index (κ2) is 7.69. The topological polar surface area (TPSA) is 32.3 Å². The number of carbonyl (C=O) groups is 1. The predicted molar refractivity (Wildman–Crippen MR) is 107 cm³/mol. The second-order valence-electron chi connectivity index (χ2n) is 8.88. The molecule has 4 rings (SSSR count). The van der Waals surface area contributed by atoms with Crippen molar-refractivity contribution in [1.29, 1.82) is 0 Å². The van der Waals surface area contributed by atoms with Crippen molar-refractivity contribution >= 4 is 11.6 Å². The smallest absolute Gasteiger partial charge is 0.362 e. The first-order valence-corrected chi connectivity index (χ1v) is 10.8. The first-order chi connectivity index (χ1) is 13.8. The summed E-state index contributed by atoms with van der Waals surface area (Å²) in [6, 6.07) is 5.44. The third kappa shape index (κ3) is 3.78. The van der Waals surface area contributed by atoms with Gasteiger partial charge in [-0.25, -0.2) is 0 Å². The summed E-state index contributed by atoms with van der Waals surface area (Å²) in [6.45, 7) is 4.44. The van der Waals surface area contributed by atoms with E-state index in [1.165, 1.54) is 12.5 Å². The van der Waals surface area contributed by atoms with Crippen molar-refractivity contribution < 1.29 is 18.0 Å². The molecule has 1 saturated carbocycles. The Kier molecular flexibility index (Phi) is 5.38. The second-order valence-corrected chi connectivity index (χ2v) is 8.88. The van der Waals surface area contributed by atoms with Crippen LogP contribution < -0.4 is 5.32 Å². The lowest BCUT2D eigenvalue weighted by Crippen LogP contribution is -2.52. The Labute approximate surface area is 170 Å². The number of amides is 1. The fourth-order valence-corrected chi connectivity index (χ4v) is 5.30. The van der Waals surface area contributed by atoms with Gasteiger partial charge in [0.15, 0.2) is 0 Å². The Hall–Kier alpha value is -1.98. The number of hydrogen-bond donors (Lipinski definition) is 1. The number of nitrogens with one attached hydrogen (secondary N) is 1. The molecule has 4 atom stereocenters. The first-order valence-electron chi connectivity index (χ1n) is 10.8. The molecule has 1 aromatic carbocycles. The molecule has 1 aromatic rings. The SMILES string of the molecule is C[C@@H]1[C@H](C)CCC[C@@H]1N1C(=O)C2=C(CCCC2)[C@@H]1Nc1cccc(C(F)(F)F)c1. The Morgan fingerprint density at radius 1 is 1.07 bits per heavy atom. The van der Waals surface area contributed by atoms with Crippen molar-refractivity contribution in [1.82, 2.24) is 4.90 Å². The monoisotopic (exact) mass is 406 g/mol. The maximum Gasteiger partial charge on any atom is 0.416 e. The van der Waals surface area contributed by atoms with Crippen LogP contribution in [0.15, 0.2) is 35.4 Å². The van der Waals surface area contributed by atoms with Crippen LogP contribution in [0.4, 0.5) is 18.9 Å². The van der Waals surface area contributed by atoms with Crippen LogP contribution in [-0.2, 0) is 11.0 Å². The Balaban J connectivity index is 1.67. The van der Waals surface area contributed by atoms with Gasteiger partial charge >= 0.3 is 6.18 Å². The Morgan fingerprint density at radius 3 is 2.59 bits per heavy atom. The molecule has 1 amide bonds. The van der Waals surface area contributed by atoms with Crippen LogP contribution in [0.5, 0.6) is 0 Å². The number of alkyl halides is 3. The summed E-state index contributed by atoms with van der Waals surface area (Å²) in [6.07, 6.45) is 2.14. The molecule has 158 valence electrons. The molecule has 1 N–H and O–H groups in total. The molecule has 0 aromatic heterocycles. The highest BCUT2D eigenvalue weighted by molar-refractivity contribution is 5.98. The standard InChI is InChI=1S/C23H29F3N2O/c1-14-7-5-12-20(15(14)2)28-21(18-10-3-4-11-19(18)22(28)29)27-17-9-6-8-16(13-17)23(24,25)26/h6,8-9,13-15,20-21,27H,3-5,7,10-12H2,1-2H3/t14-,15-,20+,21-/m1/s1. The van der Waals surface area contributed by atoms with Crippen molar-refractivity contribution in [3.05, 3.63) is 41.0 Å². The van der Waals surface area contributed by atoms with Gasteiger partial charge in [-0.2, -0.15) is 13.2 Å². The summed E-state index contributed by atoms with van der Waals surface area (Å²) in [5.41, 5.74) is 1.73. The van der Waals surface area contributed by atoms with E-state index < -0.39 is 11.7 Å². The van der Waals surface area contributed by atoms with Crippen LogP contribution in [0, 0.1) is 11.8 Å². The van der Waals surface area contributed by atoms with Crippen LogP contribution in [0.3, 0.4) is 0 Å². The summed E-state index contributed by atoms with van der Waals surface area (Å²) < 4.78 is 39.5. The minimum atomic E-state index is -4.38. The van der Waals surface area contributed by atoms with Gasteiger partial charge in [0.2, 0.25) is 0 Å². The van der Waals surface area contributed by atoms with Crippen molar-refractivity contribution in [3.8, 4) is 0 Å². The van der Waals surface area contributed by atoms with Gasteiger partial charge in [0.05, 0.1) is 5.56 Å². The van der Waals surface area contributed by atoms with E-state index >= 15 is 0 Å². The minimum Gasteiger partial charge on any atom is -0.362 e. The zero-order valence-corrected chi connectivity index (χ0v) is 17.1. The van der Waals surface area contributed by atoms with Crippen molar-refractivity contribution in [2.45, 2.75) is 77.2 Å². The number of benzene rings is 1. The summed E-state index contributed by atoms with van der Waals surface area (Å²) in [7, 11) is 0. The third-order valence-electron chi connectivity index (χ3n) is 7.13. The quantitative estimate of drug-likeness (QED) is 0.670. The maximum absolute atomic E-state index is 13.4. The number of nitrogens with zero attached hydrogens (tertiary/aromatic N) is 1. The first kappa shape index (κ1) is 20.3. The van der Waals surface area contributed by atoms with Crippen molar-refractivity contribution in [2.24, 2.45) is 11.8 Å². The van der Waals surface area contributed by atoms with Crippen molar-refractivity contribution in [3.63, 3.8) is 0 Å². The molecule has 1 heterocycles. The molecule has 3 aliphatic rings. The number of hydrogen-bond acceptors (Lipinski definition) is 2. The van der Waals surface area contributed by atoms with Crippen LogP contribution in [0.1, 0.15) is 64.4 Å². The zero-order valence-electron chi connectivity index (χ0n) is 17.1. The van der Waals surface area contributed by atoms with E-state index in [9.17, 15) is 18.0 Å². The molecule has 0 spiro atoms. The number of anilines is 1. The van der Waals surface area contributed by atoms with Crippen LogP contribution in [0.2, 0.25) is 0 Å². The molecule has 0 saturated heterocycles. The molecule has 29 heavy (non-hydrogen) atoms. The van der Waals surface area contributed by atoms with E-state index in [0.29, 0.717) is 17.5 Å². The molecule has 0 unspecified atom stereocenters. The van der Waals surface area contributed by atoms with E-state index in [4.69, 9.17) is 0 Å². The van der Waals surface area contributed by atoms with Gasteiger partial charge in [0.25, 0.3) is 5.91 Å². The normalized spacial score (nSPS) is 30.5. The fraction of sp³-hybridized carbons (Fsp3) is 0.609. The zero-order chi connectivity index (χ0) is 20.8. The molecule has 2 aliphatic carbocycles. The summed E-state index contributed by atoms with van der Waals surface area (Å²) in [4.78, 5) is 15.3. The predicted octanol–water partition coefficient (Wildman–Crippen LogP) is 5.98. The van der Waals surface area contributed by atoms with Crippen LogP contribution in [0.25, 0.3) is 0 Å². The average Bonchev–Trinajstić information content (AvgIpc) is 2.96. The van der Waals surface area contributed by atoms with Gasteiger partial charge in [-0.1, -0.05) is 32.8 Å². The summed E-state index contributed by atoms with van der Waals surface area (Å²) in [5.74, 6) is 1.00. The fourth-order valence-electron chi connectivity index (χ4n) is 5.30. The van der Waals surface area contributed by atoms with Gasteiger partial charge in [-0.05, 0) is 67.7 Å². The molecular weight excluding hydrogens is 377 g/mol. The van der Waals surface area contributed by atoms with E-state index in [-0.39, 0.29) is 18.1 Å². The van der Waals surface area contributed by atoms with E-state index in [2.05, 4.69) is 19.2 Å². The number of halogens is 3. The minimum absolute atomic E-state index is 0.0927. The largest absolute Gasteiger partial charge is 0.416 e. The number of rotatable bonds is 3. The molecule has 6 heteroatoms. The van der Waals surface area contributed by atoms with Crippen molar-refractivity contribution in [2.75, 3.05) is 5.32 Å². The molecule has 0 radical (unpaired) electrons. The van der Waals surface area contributed by atoms with Gasteiger partial charge in [0.1, 0.15) is 6.17 Å². The lowest BCUT2D eigenvalue weighted by molar-refractivity contribution is -0.137. The van der Waals surface area contributed by atoms with Gasteiger partial charge in [-0.15, -0.1) is 0 Å². The van der Waals surface area contributed by atoms with Gasteiger partial charge in [-0.3, -0.25) is 4.79 Å². The van der Waals surface area contributed by atoms with E-state index in [1.54, 1.807) is 6.07 Å². The van der Waals surface area contributed by atoms with Crippen LogP contribution in [-0.4, -0.2) is 23.0 Å². The summed E-state index contributed by atoms with van der Waals surface area (Å²) >= 11 is 0. The molecule has 0 bridgehead atoms. The van der Waals surface area contributed by atoms with E-state index in [0.717, 1.165) is 61.8 Å². The van der Waals surface area contributed by atoms with Crippen LogP contribution >= 0.6 is 0 Å². The number of carbonyl (C=O) groups excluding carboxylic acids is 1. The van der Waals surface area contributed by atoms with Gasteiger partial charge in [0, 0.05) is 17.3 Å². The highest BCUT2D eigenvalue weighted by atomic mass is 19.4. The lowest BCUT2D eigenvalue weighted by atomic mass is 9.77. The molecular formula is C23H29F3N2O.